The number of hydrogen-bond donors (Lipinski definition) is 2. The van der Waals surface area contributed by atoms with E-state index in [1.807, 2.05) is 32.9 Å². The summed E-state index contributed by atoms with van der Waals surface area (Å²) in [5, 5.41) is 3.18. The van der Waals surface area contributed by atoms with Gasteiger partial charge in [-0.3, -0.25) is 0 Å². The van der Waals surface area contributed by atoms with Crippen LogP contribution in [0.15, 0.2) is 16.5 Å². The van der Waals surface area contributed by atoms with Crippen molar-refractivity contribution in [2.75, 3.05) is 12.8 Å². The van der Waals surface area contributed by atoms with Crippen molar-refractivity contribution >= 4 is 10.0 Å². The van der Waals surface area contributed by atoms with Crippen molar-refractivity contribution < 1.29 is 12.8 Å². The third-order valence-corrected chi connectivity index (χ3v) is 3.32. The molecule has 0 unspecified atom stereocenters. The average Bonchev–Trinajstić information content (AvgIpc) is 2.61. The van der Waals surface area contributed by atoms with E-state index in [2.05, 4.69) is 10.0 Å². The van der Waals surface area contributed by atoms with Crippen LogP contribution in [0.5, 0.6) is 0 Å². The predicted octanol–water partition coefficient (Wildman–Crippen LogP) is 1.26. The van der Waals surface area contributed by atoms with Crippen LogP contribution in [0.2, 0.25) is 0 Å². The molecule has 0 aliphatic carbocycles. The Balaban J connectivity index is 2.41. The Morgan fingerprint density at radius 2 is 1.89 bits per heavy atom. The first-order chi connectivity index (χ1) is 8.22. The highest BCUT2D eigenvalue weighted by Crippen LogP contribution is 2.08. The first-order valence-corrected chi connectivity index (χ1v) is 7.88. The van der Waals surface area contributed by atoms with Gasteiger partial charge < -0.3 is 9.73 Å². The van der Waals surface area contributed by atoms with Gasteiger partial charge in [0.25, 0.3) is 0 Å². The van der Waals surface area contributed by atoms with Gasteiger partial charge in [0, 0.05) is 18.5 Å². The molecular formula is C12H22N2O3S. The molecule has 0 amide bonds. The molecule has 1 aromatic heterocycles. The highest BCUT2D eigenvalue weighted by molar-refractivity contribution is 7.88. The van der Waals surface area contributed by atoms with Gasteiger partial charge in [0.1, 0.15) is 11.5 Å². The van der Waals surface area contributed by atoms with Crippen LogP contribution in [-0.2, 0) is 23.0 Å². The van der Waals surface area contributed by atoms with E-state index >= 15 is 0 Å². The second-order valence-corrected chi connectivity index (χ2v) is 6.83. The Hall–Kier alpha value is -0.850. The maximum Gasteiger partial charge on any atom is 0.209 e. The molecule has 18 heavy (non-hydrogen) atoms. The summed E-state index contributed by atoms with van der Waals surface area (Å²) in [4.78, 5) is 0. The summed E-state index contributed by atoms with van der Waals surface area (Å²) in [5.74, 6) is 1.82. The Morgan fingerprint density at radius 3 is 2.39 bits per heavy atom. The smallest absolute Gasteiger partial charge is 0.209 e. The molecule has 104 valence electrons. The van der Waals surface area contributed by atoms with Gasteiger partial charge in [-0.25, -0.2) is 13.1 Å². The maximum absolute atomic E-state index is 11.2. The van der Waals surface area contributed by atoms with Gasteiger partial charge in [0.2, 0.25) is 10.0 Å². The zero-order valence-corrected chi connectivity index (χ0v) is 12.2. The summed E-state index contributed by atoms with van der Waals surface area (Å²) in [6.45, 7) is 6.83. The molecule has 1 heterocycles. The van der Waals surface area contributed by atoms with E-state index in [-0.39, 0.29) is 0 Å². The average molecular weight is 274 g/mol. The molecule has 6 heteroatoms. The van der Waals surface area contributed by atoms with Crippen molar-refractivity contribution in [3.05, 3.63) is 23.7 Å². The summed E-state index contributed by atoms with van der Waals surface area (Å²) < 4.78 is 30.5. The van der Waals surface area contributed by atoms with Crippen molar-refractivity contribution in [2.24, 2.45) is 0 Å². The quantitative estimate of drug-likeness (QED) is 0.785. The fourth-order valence-electron chi connectivity index (χ4n) is 1.74. The lowest BCUT2D eigenvalue weighted by molar-refractivity contribution is 0.396. The third kappa shape index (κ3) is 5.66. The highest BCUT2D eigenvalue weighted by Gasteiger charge is 2.21. The molecule has 5 nitrogen and oxygen atoms in total. The summed E-state index contributed by atoms with van der Waals surface area (Å²) in [7, 11) is -3.19. The lowest BCUT2D eigenvalue weighted by atomic mass is 10.1. The minimum Gasteiger partial charge on any atom is -0.465 e. The Bertz CT molecular complexity index is 477. The zero-order chi connectivity index (χ0) is 13.8. The van der Waals surface area contributed by atoms with Crippen LogP contribution in [0.1, 0.15) is 32.3 Å². The molecule has 0 aliphatic heterocycles. The fraction of sp³-hybridized carbons (Fsp3) is 0.667. The van der Waals surface area contributed by atoms with Gasteiger partial charge >= 0.3 is 0 Å². The second-order valence-electron chi connectivity index (χ2n) is 5.08. The van der Waals surface area contributed by atoms with Crippen LogP contribution in [0.4, 0.5) is 0 Å². The van der Waals surface area contributed by atoms with Gasteiger partial charge in [-0.1, -0.05) is 6.92 Å². The van der Waals surface area contributed by atoms with Crippen LogP contribution in [-0.4, -0.2) is 26.8 Å². The molecule has 0 aliphatic rings. The van der Waals surface area contributed by atoms with Crippen LogP contribution >= 0.6 is 0 Å². The number of hydrogen-bond acceptors (Lipinski definition) is 4. The number of nitrogens with one attached hydrogen (secondary N) is 2. The molecule has 0 atom stereocenters. The van der Waals surface area contributed by atoms with E-state index in [9.17, 15) is 8.42 Å². The summed E-state index contributed by atoms with van der Waals surface area (Å²) >= 11 is 0. The normalized spacial score (nSPS) is 12.9. The van der Waals surface area contributed by atoms with Crippen LogP contribution in [0.25, 0.3) is 0 Å². The number of aryl methyl sites for hydroxylation is 1. The molecular weight excluding hydrogens is 252 g/mol. The SMILES string of the molecule is CCc1ccc(CNCC(C)(C)NS(C)(=O)=O)o1. The lowest BCUT2D eigenvalue weighted by Crippen LogP contribution is -2.49. The van der Waals surface area contributed by atoms with E-state index in [0.29, 0.717) is 13.1 Å². The lowest BCUT2D eigenvalue weighted by Gasteiger charge is -2.25. The second kappa shape index (κ2) is 5.86. The van der Waals surface area contributed by atoms with Gasteiger partial charge in [-0.05, 0) is 26.0 Å². The maximum atomic E-state index is 11.2. The molecule has 2 N–H and O–H groups in total. The summed E-state index contributed by atoms with van der Waals surface area (Å²) in [6.07, 6.45) is 2.04. The van der Waals surface area contributed by atoms with Gasteiger partial charge in [-0.2, -0.15) is 0 Å². The fourth-order valence-corrected chi connectivity index (χ4v) is 2.82. The van der Waals surface area contributed by atoms with Crippen molar-refractivity contribution in [1.82, 2.24) is 10.0 Å². The number of sulfonamides is 1. The third-order valence-electron chi connectivity index (χ3n) is 2.39. The van der Waals surface area contributed by atoms with Crippen LogP contribution in [0.3, 0.4) is 0 Å². The minimum atomic E-state index is -3.19. The van der Waals surface area contributed by atoms with Crippen molar-refractivity contribution in [2.45, 2.75) is 39.3 Å². The molecule has 0 saturated heterocycles. The Labute approximate surface area is 109 Å². The van der Waals surface area contributed by atoms with Gasteiger partial charge in [0.15, 0.2) is 0 Å². The van der Waals surface area contributed by atoms with E-state index in [1.165, 1.54) is 0 Å². The van der Waals surface area contributed by atoms with Crippen LogP contribution < -0.4 is 10.0 Å². The van der Waals surface area contributed by atoms with Gasteiger partial charge in [0.05, 0.1) is 12.8 Å². The molecule has 0 saturated carbocycles. The Kier molecular flexibility index (Phi) is 4.95. The van der Waals surface area contributed by atoms with E-state index in [1.54, 1.807) is 0 Å². The molecule has 0 fully saturated rings. The predicted molar refractivity (Wildman–Crippen MR) is 71.9 cm³/mol. The Morgan fingerprint density at radius 1 is 1.28 bits per heavy atom. The molecule has 0 radical (unpaired) electrons. The molecule has 1 rings (SSSR count). The summed E-state index contributed by atoms with van der Waals surface area (Å²) in [5.41, 5.74) is -0.520. The number of furan rings is 1. The minimum absolute atomic E-state index is 0.520. The summed E-state index contributed by atoms with van der Waals surface area (Å²) in [6, 6.07) is 3.89. The zero-order valence-electron chi connectivity index (χ0n) is 11.4. The van der Waals surface area contributed by atoms with Crippen molar-refractivity contribution in [3.63, 3.8) is 0 Å². The topological polar surface area (TPSA) is 71.3 Å². The highest BCUT2D eigenvalue weighted by atomic mass is 32.2. The first-order valence-electron chi connectivity index (χ1n) is 5.99. The first kappa shape index (κ1) is 15.2. The molecule has 0 aromatic carbocycles. The largest absolute Gasteiger partial charge is 0.465 e. The monoisotopic (exact) mass is 274 g/mol. The van der Waals surface area contributed by atoms with E-state index in [4.69, 9.17) is 4.42 Å². The van der Waals surface area contributed by atoms with E-state index in [0.717, 1.165) is 24.2 Å². The number of rotatable bonds is 7. The standard InChI is InChI=1S/C12H22N2O3S/c1-5-10-6-7-11(17-10)8-13-9-12(2,3)14-18(4,15)16/h6-7,13-14H,5,8-9H2,1-4H3. The van der Waals surface area contributed by atoms with E-state index < -0.39 is 15.6 Å². The van der Waals surface area contributed by atoms with Crippen LogP contribution in [0, 0.1) is 0 Å². The molecule has 1 aromatic rings. The van der Waals surface area contributed by atoms with Crippen molar-refractivity contribution in [3.8, 4) is 0 Å². The van der Waals surface area contributed by atoms with Gasteiger partial charge in [-0.15, -0.1) is 0 Å². The molecule has 0 spiro atoms. The molecule has 0 bridgehead atoms. The van der Waals surface area contributed by atoms with Crippen molar-refractivity contribution in [1.29, 1.82) is 0 Å².